The lowest BCUT2D eigenvalue weighted by Gasteiger charge is -2.37. The molecule has 32 heavy (non-hydrogen) atoms. The second-order valence-electron chi connectivity index (χ2n) is 8.80. The molecule has 1 saturated heterocycles. The molecule has 0 bridgehead atoms. The van der Waals surface area contributed by atoms with Crippen molar-refractivity contribution >= 4 is 22.6 Å². The van der Waals surface area contributed by atoms with Crippen molar-refractivity contribution < 1.29 is 14.3 Å². The fourth-order valence-electron chi connectivity index (χ4n) is 4.17. The summed E-state index contributed by atoms with van der Waals surface area (Å²) < 4.78 is 14.1. The number of carbonyl (C=O) groups is 1. The van der Waals surface area contributed by atoms with E-state index >= 15 is 0 Å². The highest BCUT2D eigenvalue weighted by molar-refractivity contribution is 5.91. The van der Waals surface area contributed by atoms with Crippen molar-refractivity contribution in [3.63, 3.8) is 0 Å². The standard InChI is InChI=1S/C25H29FN4O2/c1-16(2)14-22(31)25(32)30-12-10-29(11-13-30)24-20-15-18(26)8-9-21(20)27-23(28-24)19-7-5-4-6-17(19)3/h4-9,15-16,22,31H,10-14H2,1-3H3/t22-/m1/s1. The third-order valence-corrected chi connectivity index (χ3v) is 5.89. The Bertz CT molecular complexity index is 1130. The number of fused-ring (bicyclic) bond motifs is 1. The molecule has 6 nitrogen and oxygen atoms in total. The summed E-state index contributed by atoms with van der Waals surface area (Å²) in [6, 6.07) is 12.5. The van der Waals surface area contributed by atoms with E-state index in [-0.39, 0.29) is 17.6 Å². The number of rotatable bonds is 5. The Balaban J connectivity index is 1.63. The number of halogens is 1. The van der Waals surface area contributed by atoms with Crippen LogP contribution in [-0.4, -0.2) is 58.2 Å². The van der Waals surface area contributed by atoms with Crippen molar-refractivity contribution in [2.75, 3.05) is 31.1 Å². The first-order chi connectivity index (χ1) is 15.3. The van der Waals surface area contributed by atoms with Crippen LogP contribution in [0.15, 0.2) is 42.5 Å². The third-order valence-electron chi connectivity index (χ3n) is 5.89. The number of anilines is 1. The van der Waals surface area contributed by atoms with E-state index in [0.29, 0.717) is 55.1 Å². The molecule has 1 fully saturated rings. The lowest BCUT2D eigenvalue weighted by molar-refractivity contribution is -0.141. The van der Waals surface area contributed by atoms with Crippen LogP contribution in [-0.2, 0) is 4.79 Å². The summed E-state index contributed by atoms with van der Waals surface area (Å²) in [5, 5.41) is 10.9. The lowest BCUT2D eigenvalue weighted by Crippen LogP contribution is -2.52. The molecule has 1 aliphatic rings. The van der Waals surface area contributed by atoms with Crippen LogP contribution in [0.1, 0.15) is 25.8 Å². The molecule has 1 N–H and O–H groups in total. The van der Waals surface area contributed by atoms with Crippen LogP contribution in [0.2, 0.25) is 0 Å². The fourth-order valence-corrected chi connectivity index (χ4v) is 4.17. The zero-order valence-electron chi connectivity index (χ0n) is 18.8. The first-order valence-corrected chi connectivity index (χ1v) is 11.1. The number of amides is 1. The van der Waals surface area contributed by atoms with E-state index in [9.17, 15) is 14.3 Å². The van der Waals surface area contributed by atoms with Gasteiger partial charge in [-0.05, 0) is 43.0 Å². The van der Waals surface area contributed by atoms with Gasteiger partial charge in [-0.3, -0.25) is 4.79 Å². The van der Waals surface area contributed by atoms with Gasteiger partial charge in [0.15, 0.2) is 5.82 Å². The quantitative estimate of drug-likeness (QED) is 0.659. The number of aliphatic hydroxyl groups excluding tert-OH is 1. The Morgan fingerprint density at radius 1 is 1.09 bits per heavy atom. The van der Waals surface area contributed by atoms with Gasteiger partial charge >= 0.3 is 0 Å². The molecule has 1 amide bonds. The van der Waals surface area contributed by atoms with Crippen LogP contribution in [0.25, 0.3) is 22.3 Å². The molecule has 0 saturated carbocycles. The molecule has 168 valence electrons. The molecular formula is C25H29FN4O2. The summed E-state index contributed by atoms with van der Waals surface area (Å²) in [5.74, 6) is 0.956. The summed E-state index contributed by atoms with van der Waals surface area (Å²) >= 11 is 0. The smallest absolute Gasteiger partial charge is 0.251 e. The number of aliphatic hydroxyl groups is 1. The maximum atomic E-state index is 14.1. The molecule has 4 rings (SSSR count). The number of aromatic nitrogens is 2. The van der Waals surface area contributed by atoms with Crippen LogP contribution < -0.4 is 4.90 Å². The number of benzene rings is 2. The molecule has 1 aromatic heterocycles. The van der Waals surface area contributed by atoms with Gasteiger partial charge in [0.05, 0.1) is 5.52 Å². The number of carbonyl (C=O) groups excluding carboxylic acids is 1. The van der Waals surface area contributed by atoms with E-state index in [4.69, 9.17) is 9.97 Å². The summed E-state index contributed by atoms with van der Waals surface area (Å²) in [6.07, 6.45) is -0.516. The highest BCUT2D eigenvalue weighted by Crippen LogP contribution is 2.30. The van der Waals surface area contributed by atoms with Crippen molar-refractivity contribution in [3.05, 3.63) is 53.8 Å². The minimum Gasteiger partial charge on any atom is -0.383 e. The van der Waals surface area contributed by atoms with Gasteiger partial charge < -0.3 is 14.9 Å². The van der Waals surface area contributed by atoms with Crippen molar-refractivity contribution in [1.29, 1.82) is 0 Å². The van der Waals surface area contributed by atoms with E-state index < -0.39 is 6.10 Å². The Labute approximate surface area is 187 Å². The normalized spacial score (nSPS) is 15.4. The first-order valence-electron chi connectivity index (χ1n) is 11.1. The summed E-state index contributed by atoms with van der Waals surface area (Å²) in [4.78, 5) is 25.9. The van der Waals surface area contributed by atoms with E-state index in [0.717, 1.165) is 11.1 Å². The average Bonchev–Trinajstić information content (AvgIpc) is 2.78. The van der Waals surface area contributed by atoms with E-state index in [1.165, 1.54) is 12.1 Å². The Morgan fingerprint density at radius 3 is 2.50 bits per heavy atom. The van der Waals surface area contributed by atoms with E-state index in [1.54, 1.807) is 11.0 Å². The van der Waals surface area contributed by atoms with Gasteiger partial charge in [0.25, 0.3) is 5.91 Å². The predicted molar refractivity (Wildman–Crippen MR) is 124 cm³/mol. The van der Waals surface area contributed by atoms with Gasteiger partial charge in [0.2, 0.25) is 0 Å². The molecule has 1 atom stereocenters. The summed E-state index contributed by atoms with van der Waals surface area (Å²) in [7, 11) is 0. The molecule has 1 aliphatic heterocycles. The topological polar surface area (TPSA) is 69.6 Å². The second-order valence-corrected chi connectivity index (χ2v) is 8.80. The van der Waals surface area contributed by atoms with Crippen LogP contribution in [0.5, 0.6) is 0 Å². The van der Waals surface area contributed by atoms with E-state index in [2.05, 4.69) is 4.90 Å². The van der Waals surface area contributed by atoms with Crippen molar-refractivity contribution in [2.45, 2.75) is 33.3 Å². The van der Waals surface area contributed by atoms with Crippen molar-refractivity contribution in [2.24, 2.45) is 5.92 Å². The molecular weight excluding hydrogens is 407 g/mol. The zero-order valence-corrected chi connectivity index (χ0v) is 18.8. The highest BCUT2D eigenvalue weighted by Gasteiger charge is 2.28. The molecule has 2 aromatic carbocycles. The molecule has 2 heterocycles. The number of nitrogens with zero attached hydrogens (tertiary/aromatic N) is 4. The molecule has 3 aromatic rings. The van der Waals surface area contributed by atoms with E-state index in [1.807, 2.05) is 45.0 Å². The van der Waals surface area contributed by atoms with Gasteiger partial charge in [-0.15, -0.1) is 0 Å². The average molecular weight is 437 g/mol. The monoisotopic (exact) mass is 436 g/mol. The van der Waals surface area contributed by atoms with Gasteiger partial charge in [-0.2, -0.15) is 0 Å². The zero-order chi connectivity index (χ0) is 22.8. The maximum Gasteiger partial charge on any atom is 0.251 e. The van der Waals surface area contributed by atoms with Gasteiger partial charge in [-0.1, -0.05) is 38.1 Å². The minimum atomic E-state index is -0.969. The number of piperazine rings is 1. The van der Waals surface area contributed by atoms with Gasteiger partial charge in [0, 0.05) is 37.1 Å². The van der Waals surface area contributed by atoms with Crippen LogP contribution in [0.4, 0.5) is 10.2 Å². The van der Waals surface area contributed by atoms with Crippen molar-refractivity contribution in [1.82, 2.24) is 14.9 Å². The lowest BCUT2D eigenvalue weighted by atomic mass is 10.0. The van der Waals surface area contributed by atoms with Gasteiger partial charge in [-0.25, -0.2) is 14.4 Å². The maximum absolute atomic E-state index is 14.1. The summed E-state index contributed by atoms with van der Waals surface area (Å²) in [5.41, 5.74) is 2.68. The molecule has 0 radical (unpaired) electrons. The Kier molecular flexibility index (Phi) is 6.37. The minimum absolute atomic E-state index is 0.225. The van der Waals surface area contributed by atoms with Crippen molar-refractivity contribution in [3.8, 4) is 11.4 Å². The Morgan fingerprint density at radius 2 is 1.81 bits per heavy atom. The highest BCUT2D eigenvalue weighted by atomic mass is 19.1. The SMILES string of the molecule is Cc1ccccc1-c1nc(N2CCN(C(=O)[C@H](O)CC(C)C)CC2)c2cc(F)ccc2n1. The number of aryl methyl sites for hydroxylation is 1. The molecule has 0 spiro atoms. The number of hydrogen-bond donors (Lipinski definition) is 1. The van der Waals surface area contributed by atoms with Crippen LogP contribution in [0.3, 0.4) is 0 Å². The molecule has 7 heteroatoms. The Hall–Kier alpha value is -3.06. The number of hydrogen-bond acceptors (Lipinski definition) is 5. The molecule has 0 unspecified atom stereocenters. The summed E-state index contributed by atoms with van der Waals surface area (Å²) in [6.45, 7) is 8.05. The third kappa shape index (κ3) is 4.58. The van der Waals surface area contributed by atoms with Crippen LogP contribution in [0, 0.1) is 18.7 Å². The first kappa shape index (κ1) is 22.1. The fraction of sp³-hybridized carbons (Fsp3) is 0.400. The predicted octanol–water partition coefficient (Wildman–Crippen LogP) is 3.80. The second kappa shape index (κ2) is 9.20. The van der Waals surface area contributed by atoms with Crippen LogP contribution >= 0.6 is 0 Å². The van der Waals surface area contributed by atoms with Gasteiger partial charge in [0.1, 0.15) is 17.7 Å². The molecule has 0 aliphatic carbocycles. The largest absolute Gasteiger partial charge is 0.383 e.